The summed E-state index contributed by atoms with van der Waals surface area (Å²) in [6, 6.07) is -0.639. The van der Waals surface area contributed by atoms with E-state index in [1.807, 2.05) is 20.8 Å². The van der Waals surface area contributed by atoms with E-state index in [1.54, 1.807) is 10.1 Å². The first-order valence-electron chi connectivity index (χ1n) is 30.7. The molecule has 486 valence electrons. The van der Waals surface area contributed by atoms with Gasteiger partial charge in [-0.05, 0) is 96.4 Å². The molecule has 28 nitrogen and oxygen atoms in total. The average molecular weight is 1230 g/mol. The van der Waals surface area contributed by atoms with Gasteiger partial charge in [-0.25, -0.2) is 0 Å². The molecule has 1 unspecified atom stereocenters. The maximum Gasteiger partial charge on any atom is 0.234 e. The van der Waals surface area contributed by atoms with Gasteiger partial charge in [0.05, 0.1) is 51.9 Å². The van der Waals surface area contributed by atoms with Crippen LogP contribution in [0.2, 0.25) is 0 Å². The standard InChI is InChI=1S/C54H96B4N14O12.CH2BNO/c1-4-72(40-53(83)68-57)42(54(84)69-58)22-14-21-33-59-44(74)24-11-6-16-28-61-48(78)35-71(37-50(80)63-30-18-8-13-26-46(76)67-56)39-52(82)65-32-20-9-19-31-64-51(81)38-70(36-49(79)62-29-17-7-12-25-45(75)66-55)34-47(77)60-27-15-5-10-23-43(73)41(2)3;2-3-1-4/h41-42H,4-40H2,1-3H3,(H,59,74)(H,60,77)(H,61,78)(H,62,79)(H,63,80)(H,64,81)(H,65,82)(H,66,75)(H,67,76)(H,68,83)(H,69,84);1H,(H,3,4). The van der Waals surface area contributed by atoms with Crippen LogP contribution in [0.15, 0.2) is 0 Å². The van der Waals surface area contributed by atoms with Gasteiger partial charge in [0.25, 0.3) is 0 Å². The molecule has 0 aliphatic rings. The van der Waals surface area contributed by atoms with Crippen LogP contribution in [0.4, 0.5) is 0 Å². The summed E-state index contributed by atoms with van der Waals surface area (Å²) >= 11 is 0. The van der Waals surface area contributed by atoms with Crippen molar-refractivity contribution in [1.29, 1.82) is 0 Å². The third kappa shape index (κ3) is 50.5. The quantitative estimate of drug-likeness (QED) is 0.0160. The molecule has 0 aromatic rings. The molecule has 0 saturated carbocycles. The van der Waals surface area contributed by atoms with Gasteiger partial charge in [0.15, 0.2) is 6.41 Å². The lowest BCUT2D eigenvalue weighted by atomic mass is 10.0. The minimum atomic E-state index is -0.639. The Morgan fingerprint density at radius 1 is 0.352 bits per heavy atom. The van der Waals surface area contributed by atoms with Crippen molar-refractivity contribution in [3.05, 3.63) is 0 Å². The van der Waals surface area contributed by atoms with E-state index in [0.29, 0.717) is 168 Å². The Bertz CT molecular complexity index is 2060. The van der Waals surface area contributed by atoms with Crippen LogP contribution in [0.5, 0.6) is 0 Å². The summed E-state index contributed by atoms with van der Waals surface area (Å²) in [5, 5.41) is 29.9. The average Bonchev–Trinajstić information content (AvgIpc) is 3.70. The number of carbonyl (C=O) groups is 13. The Kier molecular flexibility index (Phi) is 54.1. The number of nitrogens with zero attached hydrogens (tertiary/aromatic N) is 3. The van der Waals surface area contributed by atoms with Crippen molar-refractivity contribution in [2.75, 3.05) is 98.2 Å². The Labute approximate surface area is 527 Å². The lowest BCUT2D eigenvalue weighted by Gasteiger charge is -2.29. The van der Waals surface area contributed by atoms with Crippen molar-refractivity contribution in [3.63, 3.8) is 0 Å². The molecule has 0 rings (SSSR count). The molecule has 10 radical (unpaired) electrons. The van der Waals surface area contributed by atoms with Gasteiger partial charge < -0.3 is 63.4 Å². The first kappa shape index (κ1) is 83.6. The molecule has 0 saturated heterocycles. The van der Waals surface area contributed by atoms with Crippen molar-refractivity contribution in [1.82, 2.24) is 78.1 Å². The number of rotatable bonds is 54. The van der Waals surface area contributed by atoms with Gasteiger partial charge >= 0.3 is 0 Å². The molecule has 12 N–H and O–H groups in total. The van der Waals surface area contributed by atoms with Crippen LogP contribution < -0.4 is 63.4 Å². The number of unbranched alkanes of at least 4 members (excludes halogenated alkanes) is 11. The molecule has 0 fully saturated rings. The first-order valence-corrected chi connectivity index (χ1v) is 30.7. The maximum absolute atomic E-state index is 13.1. The first-order chi connectivity index (χ1) is 42.2. The fourth-order valence-corrected chi connectivity index (χ4v) is 8.51. The van der Waals surface area contributed by atoms with Crippen molar-refractivity contribution in [2.24, 2.45) is 5.92 Å². The Balaban J connectivity index is 0. The lowest BCUT2D eigenvalue weighted by Crippen LogP contribution is -2.49. The van der Waals surface area contributed by atoms with E-state index < -0.39 is 29.7 Å². The lowest BCUT2D eigenvalue weighted by molar-refractivity contribution is -0.130. The van der Waals surface area contributed by atoms with Gasteiger partial charge in [0.2, 0.25) is 105 Å². The van der Waals surface area contributed by atoms with Crippen LogP contribution in [0.3, 0.4) is 0 Å². The largest absolute Gasteiger partial charge is 0.412 e. The molecule has 0 spiro atoms. The number of Topliss-reactive ketones (excluding diaryl/α,β-unsaturated/α-hetero) is 1. The Morgan fingerprint density at radius 2 is 0.636 bits per heavy atom. The second-order valence-electron chi connectivity index (χ2n) is 21.2. The summed E-state index contributed by atoms with van der Waals surface area (Å²) in [5.41, 5.74) is 0. The molecule has 88 heavy (non-hydrogen) atoms. The number of carbonyl (C=O) groups excluding carboxylic acids is 13. The van der Waals surface area contributed by atoms with E-state index in [1.165, 1.54) is 9.80 Å². The zero-order chi connectivity index (χ0) is 66.2. The highest BCUT2D eigenvalue weighted by Gasteiger charge is 2.25. The zero-order valence-corrected chi connectivity index (χ0v) is 52.4. The number of hydrogen-bond donors (Lipinski definition) is 12. The molecule has 0 aliphatic heterocycles. The van der Waals surface area contributed by atoms with E-state index in [9.17, 15) is 57.5 Å². The Morgan fingerprint density at radius 3 is 0.920 bits per heavy atom. The third-order valence-electron chi connectivity index (χ3n) is 13.4. The topological polar surface area (TPSA) is 376 Å². The highest BCUT2D eigenvalue weighted by Crippen LogP contribution is 2.11. The van der Waals surface area contributed by atoms with Crippen LogP contribution >= 0.6 is 0 Å². The molecular weight excluding hydrogens is 1130 g/mol. The summed E-state index contributed by atoms with van der Waals surface area (Å²) in [6.07, 6.45) is 12.8. The van der Waals surface area contributed by atoms with Gasteiger partial charge in [-0.2, -0.15) is 0 Å². The van der Waals surface area contributed by atoms with Gasteiger partial charge in [0.1, 0.15) is 5.78 Å². The van der Waals surface area contributed by atoms with Crippen LogP contribution in [0.25, 0.3) is 0 Å². The van der Waals surface area contributed by atoms with Crippen LogP contribution in [-0.2, 0) is 62.3 Å². The van der Waals surface area contributed by atoms with E-state index in [2.05, 4.69) is 66.1 Å². The number of ketones is 1. The summed E-state index contributed by atoms with van der Waals surface area (Å²) < 4.78 is 0. The smallest absolute Gasteiger partial charge is 0.234 e. The van der Waals surface area contributed by atoms with Gasteiger partial charge in [-0.3, -0.25) is 77.0 Å². The van der Waals surface area contributed by atoms with E-state index >= 15 is 0 Å². The molecular formula is C55H98B5N15O13. The Hall–Kier alpha value is -6.49. The zero-order valence-electron chi connectivity index (χ0n) is 52.4. The molecule has 12 amide bonds. The van der Waals surface area contributed by atoms with E-state index in [0.717, 1.165) is 12.8 Å². The van der Waals surface area contributed by atoms with Crippen molar-refractivity contribution in [2.45, 2.75) is 168 Å². The summed E-state index contributed by atoms with van der Waals surface area (Å²) in [7, 11) is 25.2. The van der Waals surface area contributed by atoms with Crippen molar-refractivity contribution >= 4 is 117 Å². The fraction of sp³-hybridized carbons (Fsp3) is 0.764. The number of hydrogen-bond acceptors (Lipinski definition) is 16. The minimum absolute atomic E-state index is 0.0160. The minimum Gasteiger partial charge on any atom is -0.412 e. The van der Waals surface area contributed by atoms with Crippen molar-refractivity contribution in [3.8, 4) is 0 Å². The predicted molar refractivity (Wildman–Crippen MR) is 337 cm³/mol. The molecule has 33 heteroatoms. The summed E-state index contributed by atoms with van der Waals surface area (Å²) in [6.45, 7) is 6.97. The normalized spacial score (nSPS) is 11.0. The third-order valence-corrected chi connectivity index (χ3v) is 13.4. The van der Waals surface area contributed by atoms with Crippen LogP contribution in [0.1, 0.15) is 162 Å². The molecule has 0 bridgehead atoms. The monoisotopic (exact) mass is 1230 g/mol. The number of likely N-dealkylation sites (N-methyl/N-ethyl adjacent to an activating group) is 1. The molecule has 0 aromatic heterocycles. The predicted octanol–water partition coefficient (Wildman–Crippen LogP) is -3.48. The van der Waals surface area contributed by atoms with Gasteiger partial charge in [-0.15, -0.1) is 0 Å². The summed E-state index contributed by atoms with van der Waals surface area (Å²) in [5.74, 6) is -3.63. The second kappa shape index (κ2) is 57.0. The fourth-order valence-electron chi connectivity index (χ4n) is 8.51. The summed E-state index contributed by atoms with van der Waals surface area (Å²) in [4.78, 5) is 163. The highest BCUT2D eigenvalue weighted by molar-refractivity contribution is 6.16. The maximum atomic E-state index is 13.1. The molecule has 1 atom stereocenters. The van der Waals surface area contributed by atoms with Crippen LogP contribution in [-0.4, -0.2) is 236 Å². The second-order valence-corrected chi connectivity index (χ2v) is 21.2. The molecule has 0 aromatic carbocycles. The molecule has 0 aliphatic carbocycles. The molecule has 0 heterocycles. The van der Waals surface area contributed by atoms with Gasteiger partial charge in [-0.1, -0.05) is 46.5 Å². The van der Waals surface area contributed by atoms with Gasteiger partial charge in [0, 0.05) is 77.4 Å². The number of nitrogens with one attached hydrogen (secondary N) is 12. The van der Waals surface area contributed by atoms with E-state index in [-0.39, 0.29) is 118 Å². The van der Waals surface area contributed by atoms with Crippen molar-refractivity contribution < 1.29 is 62.3 Å². The van der Waals surface area contributed by atoms with Crippen LogP contribution in [0, 0.1) is 5.92 Å². The van der Waals surface area contributed by atoms with E-state index in [4.69, 9.17) is 36.7 Å². The highest BCUT2D eigenvalue weighted by atomic mass is 16.2. The SMILES string of the molecule is [B]NC(=O)CCCCCNC(=O)CN(CC(=O)NCCCCCNC(=O)CN(CC(=O)NCCCCCC(=O)N[B])CC(=O)NCCCCCC(=O)C(C)C)CC(=O)NCCCCCC(=O)NCCCCC(C(=O)N[B])N(CC)CC(=O)N[B].[B]NC=O. The number of amides is 12.